The SMILES string of the molecule is COc1ccc(Nc2ccnc(N3CCC(C(=O)NC(C)C)CC3)n2)cc1. The summed E-state index contributed by atoms with van der Waals surface area (Å²) in [6, 6.07) is 9.71. The van der Waals surface area contributed by atoms with E-state index in [0.717, 1.165) is 43.2 Å². The molecule has 1 saturated heterocycles. The zero-order valence-corrected chi connectivity index (χ0v) is 16.1. The van der Waals surface area contributed by atoms with Crippen molar-refractivity contribution < 1.29 is 9.53 Å². The zero-order valence-electron chi connectivity index (χ0n) is 16.1. The maximum absolute atomic E-state index is 12.2. The average Bonchev–Trinajstić information content (AvgIpc) is 2.68. The topological polar surface area (TPSA) is 79.4 Å². The minimum Gasteiger partial charge on any atom is -0.497 e. The van der Waals surface area contributed by atoms with E-state index in [1.54, 1.807) is 13.3 Å². The summed E-state index contributed by atoms with van der Waals surface area (Å²) in [5.74, 6) is 2.47. The van der Waals surface area contributed by atoms with Gasteiger partial charge < -0.3 is 20.3 Å². The number of carbonyl (C=O) groups is 1. The summed E-state index contributed by atoms with van der Waals surface area (Å²) in [4.78, 5) is 23.3. The molecule has 2 aromatic rings. The minimum absolute atomic E-state index is 0.0734. The maximum atomic E-state index is 12.2. The van der Waals surface area contributed by atoms with E-state index in [2.05, 4.69) is 25.5 Å². The molecule has 0 saturated carbocycles. The smallest absolute Gasteiger partial charge is 0.227 e. The Labute approximate surface area is 160 Å². The molecular formula is C20H27N5O2. The first kappa shape index (κ1) is 18.9. The fourth-order valence-electron chi connectivity index (χ4n) is 3.14. The summed E-state index contributed by atoms with van der Waals surface area (Å²) in [6.07, 6.45) is 3.39. The number of hydrogen-bond donors (Lipinski definition) is 2. The van der Waals surface area contributed by atoms with Gasteiger partial charge in [-0.05, 0) is 57.0 Å². The number of piperidine rings is 1. The standard InChI is InChI=1S/C20H27N5O2/c1-14(2)22-19(26)15-9-12-25(13-10-15)20-21-11-8-18(24-20)23-16-4-6-17(27-3)7-5-16/h4-8,11,14-15H,9-10,12-13H2,1-3H3,(H,22,26)(H,21,23,24). The lowest BCUT2D eigenvalue weighted by Crippen LogP contribution is -2.42. The monoisotopic (exact) mass is 369 g/mol. The van der Waals surface area contributed by atoms with Crippen LogP contribution >= 0.6 is 0 Å². The molecule has 144 valence electrons. The fraction of sp³-hybridized carbons (Fsp3) is 0.450. The van der Waals surface area contributed by atoms with Gasteiger partial charge in [0.15, 0.2) is 0 Å². The summed E-state index contributed by atoms with van der Waals surface area (Å²) < 4.78 is 5.18. The van der Waals surface area contributed by atoms with Gasteiger partial charge in [-0.3, -0.25) is 4.79 Å². The van der Waals surface area contributed by atoms with Crippen molar-refractivity contribution in [2.75, 3.05) is 30.4 Å². The Balaban J connectivity index is 1.60. The van der Waals surface area contributed by atoms with Gasteiger partial charge in [-0.2, -0.15) is 4.98 Å². The minimum atomic E-state index is 0.0734. The van der Waals surface area contributed by atoms with Crippen LogP contribution in [0.4, 0.5) is 17.5 Å². The third kappa shape index (κ3) is 5.09. The molecule has 27 heavy (non-hydrogen) atoms. The van der Waals surface area contributed by atoms with E-state index in [-0.39, 0.29) is 17.9 Å². The molecule has 1 aliphatic heterocycles. The van der Waals surface area contributed by atoms with Crippen LogP contribution in [0.1, 0.15) is 26.7 Å². The van der Waals surface area contributed by atoms with E-state index in [9.17, 15) is 4.79 Å². The Hall–Kier alpha value is -2.83. The molecular weight excluding hydrogens is 342 g/mol. The molecule has 0 bridgehead atoms. The van der Waals surface area contributed by atoms with Crippen molar-refractivity contribution in [1.82, 2.24) is 15.3 Å². The fourth-order valence-corrected chi connectivity index (χ4v) is 3.14. The number of aromatic nitrogens is 2. The normalized spacial score (nSPS) is 14.9. The third-order valence-electron chi connectivity index (χ3n) is 4.58. The molecule has 1 fully saturated rings. The van der Waals surface area contributed by atoms with Gasteiger partial charge in [0.2, 0.25) is 11.9 Å². The second-order valence-corrected chi connectivity index (χ2v) is 7.02. The maximum Gasteiger partial charge on any atom is 0.227 e. The molecule has 0 spiro atoms. The summed E-state index contributed by atoms with van der Waals surface area (Å²) in [5.41, 5.74) is 0.935. The molecule has 1 amide bonds. The predicted molar refractivity (Wildman–Crippen MR) is 107 cm³/mol. The van der Waals surface area contributed by atoms with Crippen LogP contribution in [0.2, 0.25) is 0 Å². The summed E-state index contributed by atoms with van der Waals surface area (Å²) in [6.45, 7) is 5.54. The highest BCUT2D eigenvalue weighted by atomic mass is 16.5. The molecule has 3 rings (SSSR count). The summed E-state index contributed by atoms with van der Waals surface area (Å²) >= 11 is 0. The van der Waals surface area contributed by atoms with Crippen molar-refractivity contribution >= 4 is 23.4 Å². The lowest BCUT2D eigenvalue weighted by Gasteiger charge is -2.31. The van der Waals surface area contributed by atoms with Crippen molar-refractivity contribution in [3.63, 3.8) is 0 Å². The van der Waals surface area contributed by atoms with Crippen LogP contribution in [0.5, 0.6) is 5.75 Å². The Morgan fingerprint density at radius 2 is 1.89 bits per heavy atom. The highest BCUT2D eigenvalue weighted by Gasteiger charge is 2.26. The summed E-state index contributed by atoms with van der Waals surface area (Å²) in [5, 5.41) is 6.29. The highest BCUT2D eigenvalue weighted by molar-refractivity contribution is 5.79. The van der Waals surface area contributed by atoms with Crippen LogP contribution in [0, 0.1) is 5.92 Å². The van der Waals surface area contributed by atoms with E-state index in [1.807, 2.05) is 44.2 Å². The molecule has 0 atom stereocenters. The van der Waals surface area contributed by atoms with Crippen LogP contribution in [0.15, 0.2) is 36.5 Å². The van der Waals surface area contributed by atoms with Gasteiger partial charge in [0, 0.05) is 36.9 Å². The number of ether oxygens (including phenoxy) is 1. The second-order valence-electron chi connectivity index (χ2n) is 7.02. The van der Waals surface area contributed by atoms with Gasteiger partial charge in [0.1, 0.15) is 11.6 Å². The first-order chi connectivity index (χ1) is 13.0. The molecule has 0 unspecified atom stereocenters. The molecule has 1 aromatic carbocycles. The van der Waals surface area contributed by atoms with Crippen LogP contribution in [-0.4, -0.2) is 42.1 Å². The van der Waals surface area contributed by atoms with Crippen LogP contribution in [0.25, 0.3) is 0 Å². The van der Waals surface area contributed by atoms with Gasteiger partial charge in [0.25, 0.3) is 0 Å². The van der Waals surface area contributed by atoms with Crippen LogP contribution in [0.3, 0.4) is 0 Å². The third-order valence-corrected chi connectivity index (χ3v) is 4.58. The Bertz CT molecular complexity index is 755. The van der Waals surface area contributed by atoms with Crippen LogP contribution in [-0.2, 0) is 4.79 Å². The molecule has 0 radical (unpaired) electrons. The Morgan fingerprint density at radius 3 is 2.52 bits per heavy atom. The quantitative estimate of drug-likeness (QED) is 0.815. The number of nitrogens with zero attached hydrogens (tertiary/aromatic N) is 3. The molecule has 0 aliphatic carbocycles. The van der Waals surface area contributed by atoms with Crippen molar-refractivity contribution in [2.24, 2.45) is 5.92 Å². The van der Waals surface area contributed by atoms with Gasteiger partial charge in [0.05, 0.1) is 7.11 Å². The number of amides is 1. The van der Waals surface area contributed by atoms with E-state index >= 15 is 0 Å². The van der Waals surface area contributed by atoms with Gasteiger partial charge in [-0.1, -0.05) is 0 Å². The van der Waals surface area contributed by atoms with Crippen molar-refractivity contribution in [3.8, 4) is 5.75 Å². The molecule has 7 nitrogen and oxygen atoms in total. The highest BCUT2D eigenvalue weighted by Crippen LogP contribution is 2.23. The summed E-state index contributed by atoms with van der Waals surface area (Å²) in [7, 11) is 1.65. The average molecular weight is 369 g/mol. The lowest BCUT2D eigenvalue weighted by atomic mass is 9.96. The van der Waals surface area contributed by atoms with Crippen molar-refractivity contribution in [1.29, 1.82) is 0 Å². The van der Waals surface area contributed by atoms with E-state index in [0.29, 0.717) is 5.95 Å². The second kappa shape index (κ2) is 8.70. The Morgan fingerprint density at radius 1 is 1.19 bits per heavy atom. The number of benzene rings is 1. The predicted octanol–water partition coefficient (Wildman–Crippen LogP) is 2.97. The van der Waals surface area contributed by atoms with Crippen molar-refractivity contribution in [2.45, 2.75) is 32.7 Å². The largest absolute Gasteiger partial charge is 0.497 e. The number of carbonyl (C=O) groups excluding carboxylic acids is 1. The first-order valence-corrected chi connectivity index (χ1v) is 9.34. The molecule has 1 aliphatic rings. The number of anilines is 3. The molecule has 7 heteroatoms. The van der Waals surface area contributed by atoms with E-state index in [1.165, 1.54) is 0 Å². The number of methoxy groups -OCH3 is 1. The lowest BCUT2D eigenvalue weighted by molar-refractivity contribution is -0.126. The Kier molecular flexibility index (Phi) is 6.11. The van der Waals surface area contributed by atoms with Gasteiger partial charge in [-0.15, -0.1) is 0 Å². The number of hydrogen-bond acceptors (Lipinski definition) is 6. The van der Waals surface area contributed by atoms with E-state index < -0.39 is 0 Å². The number of nitrogens with one attached hydrogen (secondary N) is 2. The number of rotatable bonds is 6. The van der Waals surface area contributed by atoms with Gasteiger partial charge in [-0.25, -0.2) is 4.98 Å². The van der Waals surface area contributed by atoms with Crippen LogP contribution < -0.4 is 20.3 Å². The molecule has 2 N–H and O–H groups in total. The first-order valence-electron chi connectivity index (χ1n) is 9.34. The molecule has 2 heterocycles. The van der Waals surface area contributed by atoms with Crippen molar-refractivity contribution in [3.05, 3.63) is 36.5 Å². The van der Waals surface area contributed by atoms with Gasteiger partial charge >= 0.3 is 0 Å². The molecule has 1 aromatic heterocycles. The van der Waals surface area contributed by atoms with E-state index in [4.69, 9.17) is 4.74 Å². The zero-order chi connectivity index (χ0) is 19.2.